The number of nitrogens with zero attached hydrogens (tertiary/aromatic N) is 2. The Balaban J connectivity index is 0.995. The van der Waals surface area contributed by atoms with E-state index < -0.39 is 35.1 Å². The molecule has 2 aliphatic rings. The number of H-pyrrole nitrogens is 1. The number of carbonyl (C=O) groups is 5. The minimum absolute atomic E-state index is 0.0545. The lowest BCUT2D eigenvalue weighted by molar-refractivity contribution is -0.139. The van der Waals surface area contributed by atoms with E-state index in [9.17, 15) is 28.4 Å². The van der Waals surface area contributed by atoms with Crippen LogP contribution in [0.5, 0.6) is 0 Å². The number of amides is 5. The van der Waals surface area contributed by atoms with Crippen LogP contribution in [0.4, 0.5) is 10.1 Å². The zero-order valence-electron chi connectivity index (χ0n) is 32.9. The number of carbonyl (C=O) groups excluding carboxylic acids is 5. The second-order valence-corrected chi connectivity index (χ2v) is 16.2. The molecule has 56 heavy (non-hydrogen) atoms. The van der Waals surface area contributed by atoms with Gasteiger partial charge in [-0.3, -0.25) is 34.2 Å². The SMILES string of the molecule is Cc1c(NC(C)(C)CCOC(C)(C)CCN(C)Cc2ccc(-c3[nH]c4cc(F)cc5c4c3CCNC5=O)cc2)cccc1C(=O)N(C=O)C1CCC(=O)NC1=O. The first-order valence-corrected chi connectivity index (χ1v) is 19.1. The Labute approximate surface area is 326 Å². The molecule has 296 valence electrons. The van der Waals surface area contributed by atoms with Crippen LogP contribution in [0, 0.1) is 12.7 Å². The van der Waals surface area contributed by atoms with Crippen LogP contribution in [0.3, 0.4) is 0 Å². The van der Waals surface area contributed by atoms with Gasteiger partial charge in [0, 0.05) is 66.0 Å². The quantitative estimate of drug-likeness (QED) is 0.0867. The van der Waals surface area contributed by atoms with Crippen molar-refractivity contribution in [3.63, 3.8) is 0 Å². The fraction of sp³-hybridized carbons (Fsp3) is 0.419. The van der Waals surface area contributed by atoms with Gasteiger partial charge in [0.1, 0.15) is 11.9 Å². The predicted molar refractivity (Wildman–Crippen MR) is 213 cm³/mol. The third-order valence-corrected chi connectivity index (χ3v) is 10.8. The van der Waals surface area contributed by atoms with Crippen LogP contribution in [0.25, 0.3) is 22.2 Å². The van der Waals surface area contributed by atoms with Crippen LogP contribution in [-0.2, 0) is 32.1 Å². The largest absolute Gasteiger partial charge is 0.380 e. The second kappa shape index (κ2) is 16.4. The second-order valence-electron chi connectivity index (χ2n) is 16.2. The fourth-order valence-corrected chi connectivity index (χ4v) is 7.50. The van der Waals surface area contributed by atoms with Gasteiger partial charge in [0.05, 0.1) is 11.2 Å². The Morgan fingerprint density at radius 3 is 2.50 bits per heavy atom. The molecule has 0 aliphatic carbocycles. The number of rotatable bonds is 15. The molecule has 4 aromatic rings. The number of imide groups is 2. The number of anilines is 1. The first-order valence-electron chi connectivity index (χ1n) is 19.1. The van der Waals surface area contributed by atoms with E-state index in [1.54, 1.807) is 19.1 Å². The smallest absolute Gasteiger partial charge is 0.261 e. The van der Waals surface area contributed by atoms with Crippen molar-refractivity contribution in [3.05, 3.63) is 88.2 Å². The number of piperidine rings is 1. The predicted octanol–water partition coefficient (Wildman–Crippen LogP) is 5.87. The summed E-state index contributed by atoms with van der Waals surface area (Å²) in [6, 6.07) is 15.3. The molecule has 1 unspecified atom stereocenters. The normalized spacial score (nSPS) is 16.1. The highest BCUT2D eigenvalue weighted by atomic mass is 19.1. The number of hydrogen-bond acceptors (Lipinski definition) is 8. The van der Waals surface area contributed by atoms with Crippen LogP contribution in [0.1, 0.15) is 90.8 Å². The van der Waals surface area contributed by atoms with E-state index in [-0.39, 0.29) is 24.3 Å². The highest BCUT2D eigenvalue weighted by Gasteiger charge is 2.36. The fourth-order valence-electron chi connectivity index (χ4n) is 7.50. The Hall–Kier alpha value is -5.40. The van der Waals surface area contributed by atoms with Gasteiger partial charge in [0.15, 0.2) is 0 Å². The van der Waals surface area contributed by atoms with Crippen molar-refractivity contribution >= 4 is 46.6 Å². The van der Waals surface area contributed by atoms with E-state index in [0.29, 0.717) is 54.6 Å². The number of benzene rings is 3. The molecule has 3 aromatic carbocycles. The van der Waals surface area contributed by atoms with Gasteiger partial charge < -0.3 is 25.3 Å². The summed E-state index contributed by atoms with van der Waals surface area (Å²) in [4.78, 5) is 68.5. The summed E-state index contributed by atoms with van der Waals surface area (Å²) in [6.07, 6.45) is 2.64. The van der Waals surface area contributed by atoms with Crippen molar-refractivity contribution in [1.82, 2.24) is 25.4 Å². The van der Waals surface area contributed by atoms with Gasteiger partial charge in [-0.15, -0.1) is 0 Å². The van der Waals surface area contributed by atoms with Crippen LogP contribution in [0.15, 0.2) is 54.6 Å². The molecule has 0 bridgehead atoms. The third-order valence-electron chi connectivity index (χ3n) is 10.8. The monoisotopic (exact) mass is 766 g/mol. The summed E-state index contributed by atoms with van der Waals surface area (Å²) < 4.78 is 20.7. The van der Waals surface area contributed by atoms with Crippen molar-refractivity contribution in [2.24, 2.45) is 0 Å². The summed E-state index contributed by atoms with van der Waals surface area (Å²) >= 11 is 0. The average Bonchev–Trinajstić information content (AvgIpc) is 3.41. The summed E-state index contributed by atoms with van der Waals surface area (Å²) in [5, 5.41) is 9.40. The van der Waals surface area contributed by atoms with Gasteiger partial charge in [-0.25, -0.2) is 4.39 Å². The van der Waals surface area contributed by atoms with Crippen LogP contribution in [-0.4, -0.2) is 88.7 Å². The van der Waals surface area contributed by atoms with Crippen molar-refractivity contribution in [1.29, 1.82) is 0 Å². The lowest BCUT2D eigenvalue weighted by Crippen LogP contribution is -2.54. The average molecular weight is 767 g/mol. The van der Waals surface area contributed by atoms with Gasteiger partial charge in [-0.2, -0.15) is 0 Å². The summed E-state index contributed by atoms with van der Waals surface area (Å²) in [5.41, 5.74) is 5.95. The van der Waals surface area contributed by atoms with E-state index in [0.717, 1.165) is 57.9 Å². The Morgan fingerprint density at radius 2 is 1.79 bits per heavy atom. The first-order chi connectivity index (χ1) is 26.6. The van der Waals surface area contributed by atoms with E-state index in [1.807, 2.05) is 6.07 Å². The Morgan fingerprint density at radius 1 is 1.04 bits per heavy atom. The summed E-state index contributed by atoms with van der Waals surface area (Å²) in [6.45, 7) is 12.6. The molecule has 3 heterocycles. The minimum Gasteiger partial charge on any atom is -0.380 e. The highest BCUT2D eigenvalue weighted by molar-refractivity contribution is 6.10. The molecule has 13 heteroatoms. The zero-order valence-corrected chi connectivity index (χ0v) is 32.9. The topological polar surface area (TPSA) is 153 Å². The molecular formula is C43H51FN6O6. The van der Waals surface area contributed by atoms with E-state index >= 15 is 0 Å². The first kappa shape index (κ1) is 40.3. The highest BCUT2D eigenvalue weighted by Crippen LogP contribution is 2.35. The van der Waals surface area contributed by atoms with E-state index in [4.69, 9.17) is 4.74 Å². The molecule has 6 rings (SSSR count). The molecule has 1 saturated heterocycles. The van der Waals surface area contributed by atoms with Crippen molar-refractivity contribution in [3.8, 4) is 11.3 Å². The molecule has 1 atom stereocenters. The standard InChI is InChI=1S/C43H51FN6O6/c1-26-30(41(55)50(25-51)35-14-15-36(52)47-40(35)54)8-7-9-33(26)48-42(2,3)18-21-56-43(4,5)17-20-49(6)24-27-10-12-28(13-11-27)38-31-16-19-45-39(53)32-22-29(44)23-34(46-38)37(31)32/h7-13,22-23,25,35,46,48H,14-21,24H2,1-6H3,(H,45,53)(H,47,52,54). The zero-order chi connectivity index (χ0) is 40.4. The van der Waals surface area contributed by atoms with Crippen molar-refractivity contribution < 1.29 is 33.1 Å². The number of aromatic nitrogens is 1. The number of nitrogens with one attached hydrogen (secondary N) is 4. The minimum atomic E-state index is -1.04. The Bertz CT molecular complexity index is 2160. The van der Waals surface area contributed by atoms with E-state index in [2.05, 4.69) is 84.8 Å². The lowest BCUT2D eigenvalue weighted by Gasteiger charge is -2.33. The van der Waals surface area contributed by atoms with Gasteiger partial charge in [0.25, 0.3) is 11.8 Å². The third kappa shape index (κ3) is 9.00. The van der Waals surface area contributed by atoms with Gasteiger partial charge in [-0.05, 0) is 114 Å². The maximum absolute atomic E-state index is 14.3. The van der Waals surface area contributed by atoms with Crippen molar-refractivity contribution in [2.75, 3.05) is 32.1 Å². The molecule has 0 radical (unpaired) electrons. The van der Waals surface area contributed by atoms with Gasteiger partial charge in [0.2, 0.25) is 18.2 Å². The van der Waals surface area contributed by atoms with Crippen molar-refractivity contribution in [2.45, 2.75) is 90.4 Å². The maximum Gasteiger partial charge on any atom is 0.261 e. The molecule has 2 aliphatic heterocycles. The molecular weight excluding hydrogens is 716 g/mol. The molecule has 0 spiro atoms. The van der Waals surface area contributed by atoms with Crippen LogP contribution in [0.2, 0.25) is 0 Å². The molecule has 4 N–H and O–H groups in total. The van der Waals surface area contributed by atoms with Crippen LogP contribution < -0.4 is 16.0 Å². The van der Waals surface area contributed by atoms with Crippen LogP contribution >= 0.6 is 0 Å². The Kier molecular flexibility index (Phi) is 11.8. The number of aromatic amines is 1. The number of halogens is 1. The molecule has 0 saturated carbocycles. The van der Waals surface area contributed by atoms with E-state index in [1.165, 1.54) is 12.1 Å². The summed E-state index contributed by atoms with van der Waals surface area (Å²) in [7, 11) is 2.09. The number of hydrogen-bond donors (Lipinski definition) is 4. The summed E-state index contributed by atoms with van der Waals surface area (Å²) in [5.74, 6) is -2.37. The molecule has 1 aromatic heterocycles. The lowest BCUT2D eigenvalue weighted by atomic mass is 9.97. The molecule has 5 amide bonds. The molecule has 12 nitrogen and oxygen atoms in total. The maximum atomic E-state index is 14.3. The van der Waals surface area contributed by atoms with Gasteiger partial charge in [-0.1, -0.05) is 30.3 Å². The number of ether oxygens (including phenoxy) is 1. The van der Waals surface area contributed by atoms with Gasteiger partial charge >= 0.3 is 0 Å². The molecule has 1 fully saturated rings.